The lowest BCUT2D eigenvalue weighted by atomic mass is 10.0. The Balaban J connectivity index is 1.36. The largest absolute Gasteiger partial charge is 0.494 e. The summed E-state index contributed by atoms with van der Waals surface area (Å²) in [4.78, 5) is 34.2. The topological polar surface area (TPSA) is 85.6 Å². The van der Waals surface area contributed by atoms with Gasteiger partial charge in [0.15, 0.2) is 5.11 Å². The molecular weight excluding hydrogens is 633 g/mol. The van der Waals surface area contributed by atoms with Crippen LogP contribution < -0.4 is 14.5 Å². The number of ether oxygens (including phenoxy) is 3. The Kier molecular flexibility index (Phi) is 10.6. The van der Waals surface area contributed by atoms with Crippen molar-refractivity contribution < 1.29 is 37.0 Å². The number of rotatable bonds is 11. The SMILES string of the molecule is [C-]#[N+]c1ncc(N2C(=O)C(C)(C)N(c3ccc(-c4ccc(OCCCCOCC(=O)OC(C)(C)C)cc4)cc3)C2=S)cc1C(F)(F)F. The van der Waals surface area contributed by atoms with E-state index >= 15 is 0 Å². The van der Waals surface area contributed by atoms with Crippen molar-refractivity contribution in [3.05, 3.63) is 77.8 Å². The molecule has 1 aromatic heterocycles. The molecule has 0 N–H and O–H groups in total. The monoisotopic (exact) mass is 668 g/mol. The summed E-state index contributed by atoms with van der Waals surface area (Å²) >= 11 is 5.60. The third kappa shape index (κ3) is 8.44. The quantitative estimate of drug-likeness (QED) is 0.0888. The van der Waals surface area contributed by atoms with Crippen LogP contribution in [0, 0.1) is 6.57 Å². The van der Waals surface area contributed by atoms with E-state index in [9.17, 15) is 22.8 Å². The Hall–Kier alpha value is -4.54. The van der Waals surface area contributed by atoms with E-state index in [0.717, 1.165) is 41.1 Å². The molecule has 1 amide bonds. The van der Waals surface area contributed by atoms with E-state index in [0.29, 0.717) is 24.7 Å². The number of halogens is 3. The van der Waals surface area contributed by atoms with E-state index in [-0.39, 0.29) is 17.4 Å². The molecule has 0 aliphatic carbocycles. The van der Waals surface area contributed by atoms with Crippen LogP contribution >= 0.6 is 12.2 Å². The maximum Gasteiger partial charge on any atom is 0.409 e. The lowest BCUT2D eigenvalue weighted by Gasteiger charge is -2.29. The molecule has 3 aromatic rings. The van der Waals surface area contributed by atoms with Crippen molar-refractivity contribution in [2.24, 2.45) is 0 Å². The molecule has 0 unspecified atom stereocenters. The first-order valence-electron chi connectivity index (χ1n) is 14.8. The lowest BCUT2D eigenvalue weighted by Crippen LogP contribution is -2.44. The van der Waals surface area contributed by atoms with Gasteiger partial charge in [0.05, 0.1) is 17.9 Å². The number of benzene rings is 2. The molecule has 1 fully saturated rings. The second-order valence-corrected chi connectivity index (χ2v) is 12.6. The number of pyridine rings is 1. The molecule has 1 aliphatic rings. The predicted molar refractivity (Wildman–Crippen MR) is 175 cm³/mol. The zero-order valence-electron chi connectivity index (χ0n) is 26.7. The molecule has 2 aromatic carbocycles. The zero-order valence-corrected chi connectivity index (χ0v) is 27.5. The van der Waals surface area contributed by atoms with Gasteiger partial charge in [0.2, 0.25) is 0 Å². The number of amides is 1. The molecule has 1 saturated heterocycles. The van der Waals surface area contributed by atoms with Crippen molar-refractivity contribution in [1.82, 2.24) is 4.98 Å². The van der Waals surface area contributed by atoms with Gasteiger partial charge in [-0.15, -0.1) is 4.98 Å². The molecule has 0 bridgehead atoms. The van der Waals surface area contributed by atoms with Crippen LogP contribution in [-0.2, 0) is 25.2 Å². The maximum absolute atomic E-state index is 13.6. The first-order chi connectivity index (χ1) is 22.0. The summed E-state index contributed by atoms with van der Waals surface area (Å²) in [6.07, 6.45) is -2.30. The van der Waals surface area contributed by atoms with E-state index < -0.39 is 40.6 Å². The number of thiocarbonyl (C=S) groups is 1. The number of carbonyl (C=O) groups excluding carboxylic acids is 2. The Morgan fingerprint density at radius 2 is 1.57 bits per heavy atom. The number of anilines is 2. The lowest BCUT2D eigenvalue weighted by molar-refractivity contribution is -0.160. The number of esters is 1. The molecule has 0 spiro atoms. The van der Waals surface area contributed by atoms with Gasteiger partial charge in [-0.2, -0.15) is 13.2 Å². The second-order valence-electron chi connectivity index (χ2n) is 12.3. The molecule has 0 saturated carbocycles. The fourth-order valence-corrected chi connectivity index (χ4v) is 5.41. The molecule has 2 heterocycles. The summed E-state index contributed by atoms with van der Waals surface area (Å²) in [6, 6.07) is 15.6. The van der Waals surface area contributed by atoms with Crippen molar-refractivity contribution in [3.8, 4) is 16.9 Å². The summed E-state index contributed by atoms with van der Waals surface area (Å²) in [6.45, 7) is 16.5. The minimum Gasteiger partial charge on any atom is -0.494 e. The van der Waals surface area contributed by atoms with E-state index in [1.54, 1.807) is 51.7 Å². The summed E-state index contributed by atoms with van der Waals surface area (Å²) in [7, 11) is 0. The highest BCUT2D eigenvalue weighted by molar-refractivity contribution is 7.81. The molecule has 248 valence electrons. The predicted octanol–water partition coefficient (Wildman–Crippen LogP) is 7.75. The molecule has 9 nitrogen and oxygen atoms in total. The third-order valence-corrected chi connectivity index (χ3v) is 7.46. The molecule has 0 atom stereocenters. The standard InChI is InChI=1S/C34H35F3N4O5S/c1-32(2,3)46-28(42)21-44-17-7-8-18-45-26-15-11-23(12-16-26)22-9-13-24(14-10-22)41-31(47)40(30(43)33(41,4)5)25-19-27(34(35,36)37)29(38-6)39-20-25/h9-16,19-20H,7-8,17-18,21H2,1-5H3. The van der Waals surface area contributed by atoms with Crippen molar-refractivity contribution >= 4 is 46.4 Å². The van der Waals surface area contributed by atoms with Crippen LogP contribution in [0.15, 0.2) is 60.8 Å². The van der Waals surface area contributed by atoms with Gasteiger partial charge in [-0.25, -0.2) is 4.79 Å². The molecule has 1 aliphatic heterocycles. The van der Waals surface area contributed by atoms with Gasteiger partial charge in [0, 0.05) is 12.3 Å². The first-order valence-corrected chi connectivity index (χ1v) is 15.2. The van der Waals surface area contributed by atoms with Gasteiger partial charge in [-0.05, 0) is 101 Å². The van der Waals surface area contributed by atoms with Crippen molar-refractivity contribution in [3.63, 3.8) is 0 Å². The third-order valence-electron chi connectivity index (χ3n) is 7.09. The summed E-state index contributed by atoms with van der Waals surface area (Å²) < 4.78 is 57.2. The fraction of sp³-hybridized carbons (Fsp3) is 0.382. The number of carbonyl (C=O) groups is 2. The van der Waals surface area contributed by atoms with Crippen LogP contribution in [0.4, 0.5) is 30.4 Å². The normalized spacial score (nSPS) is 14.7. The molecule has 13 heteroatoms. The van der Waals surface area contributed by atoms with E-state index in [2.05, 4.69) is 9.83 Å². The van der Waals surface area contributed by atoms with Crippen molar-refractivity contribution in [1.29, 1.82) is 0 Å². The Morgan fingerprint density at radius 1 is 0.979 bits per heavy atom. The zero-order chi connectivity index (χ0) is 34.6. The van der Waals surface area contributed by atoms with Crippen molar-refractivity contribution in [2.45, 2.75) is 64.8 Å². The number of hydrogen-bond donors (Lipinski definition) is 0. The Morgan fingerprint density at radius 3 is 2.15 bits per heavy atom. The van der Waals surface area contributed by atoms with Gasteiger partial charge in [0.25, 0.3) is 11.7 Å². The second kappa shape index (κ2) is 14.1. The minimum absolute atomic E-state index is 0.00524. The molecular formula is C34H35F3N4O5S. The van der Waals surface area contributed by atoms with Crippen LogP contribution in [0.1, 0.15) is 53.0 Å². The number of alkyl halides is 3. The van der Waals surface area contributed by atoms with Crippen LogP contribution in [0.2, 0.25) is 0 Å². The van der Waals surface area contributed by atoms with E-state index in [1.165, 1.54) is 0 Å². The Bertz CT molecular complexity index is 1660. The Labute approximate surface area is 277 Å². The highest BCUT2D eigenvalue weighted by atomic mass is 32.1. The number of nitrogens with zero attached hydrogens (tertiary/aromatic N) is 4. The molecule has 47 heavy (non-hydrogen) atoms. The van der Waals surface area contributed by atoms with E-state index in [1.807, 2.05) is 36.4 Å². The minimum atomic E-state index is -4.83. The smallest absolute Gasteiger partial charge is 0.409 e. The van der Waals surface area contributed by atoms with Gasteiger partial charge in [-0.1, -0.05) is 30.8 Å². The van der Waals surface area contributed by atoms with Crippen LogP contribution in [0.3, 0.4) is 0 Å². The summed E-state index contributed by atoms with van der Waals surface area (Å²) in [5.41, 5.74) is -0.758. The van der Waals surface area contributed by atoms with Gasteiger partial charge < -0.3 is 24.0 Å². The molecule has 0 radical (unpaired) electrons. The number of unbranched alkanes of at least 4 members (excludes halogenated alkanes) is 1. The highest BCUT2D eigenvalue weighted by Crippen LogP contribution is 2.41. The number of hydrogen-bond acceptors (Lipinski definition) is 7. The molecule has 4 rings (SSSR count). The van der Waals surface area contributed by atoms with Gasteiger partial charge in [0.1, 0.15) is 29.7 Å². The van der Waals surface area contributed by atoms with Crippen LogP contribution in [0.5, 0.6) is 5.75 Å². The van der Waals surface area contributed by atoms with Gasteiger partial charge >= 0.3 is 12.1 Å². The maximum atomic E-state index is 13.6. The average molecular weight is 669 g/mol. The summed E-state index contributed by atoms with van der Waals surface area (Å²) in [5, 5.41) is -0.00524. The summed E-state index contributed by atoms with van der Waals surface area (Å²) in [5.74, 6) is -1.02. The van der Waals surface area contributed by atoms with Crippen molar-refractivity contribution in [2.75, 3.05) is 29.6 Å². The van der Waals surface area contributed by atoms with Crippen LogP contribution in [0.25, 0.3) is 16.0 Å². The van der Waals surface area contributed by atoms with Gasteiger partial charge in [-0.3, -0.25) is 9.69 Å². The number of aromatic nitrogens is 1. The average Bonchev–Trinajstić information content (AvgIpc) is 3.18. The van der Waals surface area contributed by atoms with Crippen LogP contribution in [-0.4, -0.2) is 52.9 Å². The fourth-order valence-electron chi connectivity index (χ4n) is 4.89. The van der Waals surface area contributed by atoms with E-state index in [4.69, 9.17) is 33.0 Å². The highest BCUT2D eigenvalue weighted by Gasteiger charge is 2.51. The first kappa shape index (κ1) is 35.3.